The summed E-state index contributed by atoms with van der Waals surface area (Å²) in [6.45, 7) is 7.28. The van der Waals surface area contributed by atoms with E-state index in [1.807, 2.05) is 6.08 Å². The number of likely N-dealkylation sites (tertiary alicyclic amines) is 1. The molecule has 1 saturated heterocycles. The van der Waals surface area contributed by atoms with E-state index in [1.54, 1.807) is 18.2 Å². The Morgan fingerprint density at radius 3 is 2.45 bits per heavy atom. The number of rotatable bonds is 18. The number of ether oxygens (including phenoxy) is 2. The van der Waals surface area contributed by atoms with E-state index in [2.05, 4.69) is 39.7 Å². The van der Waals surface area contributed by atoms with Crippen molar-refractivity contribution in [3.05, 3.63) is 54.0 Å². The van der Waals surface area contributed by atoms with Gasteiger partial charge in [-0.1, -0.05) is 53.8 Å². The van der Waals surface area contributed by atoms with Crippen LogP contribution in [-0.4, -0.2) is 86.1 Å². The molecule has 14 heteroatoms. The highest BCUT2D eigenvalue weighted by molar-refractivity contribution is 9.10. The molecule has 3 N–H and O–H groups in total. The monoisotopic (exact) mass is 739 g/mol. The lowest BCUT2D eigenvalue weighted by Gasteiger charge is -2.31. The molecule has 0 bridgehead atoms. The maximum Gasteiger partial charge on any atom is 0.332 e. The summed E-state index contributed by atoms with van der Waals surface area (Å²) in [5.74, 6) is -2.16. The van der Waals surface area contributed by atoms with Gasteiger partial charge in [0, 0.05) is 23.4 Å². The van der Waals surface area contributed by atoms with Crippen LogP contribution >= 0.6 is 15.9 Å². The smallest absolute Gasteiger partial charge is 0.332 e. The zero-order valence-corrected chi connectivity index (χ0v) is 29.2. The molecule has 1 aliphatic heterocycles. The van der Waals surface area contributed by atoms with Crippen molar-refractivity contribution in [2.24, 2.45) is 5.92 Å². The number of benzene rings is 1. The Balaban J connectivity index is 1.57. The molecule has 260 valence electrons. The van der Waals surface area contributed by atoms with Crippen LogP contribution in [0.4, 0.5) is 0 Å². The van der Waals surface area contributed by atoms with Crippen molar-refractivity contribution in [1.82, 2.24) is 15.5 Å². The van der Waals surface area contributed by atoms with E-state index in [1.165, 1.54) is 24.1 Å². The summed E-state index contributed by atoms with van der Waals surface area (Å²) in [6, 6.07) is 3.81. The van der Waals surface area contributed by atoms with Crippen molar-refractivity contribution >= 4 is 43.8 Å². The summed E-state index contributed by atoms with van der Waals surface area (Å²) in [4.78, 5) is 42.0. The van der Waals surface area contributed by atoms with Gasteiger partial charge in [0.05, 0.1) is 30.3 Å². The Kier molecular flexibility index (Phi) is 13.2. The number of carbonyl (C=O) groups is 3. The number of amides is 2. The van der Waals surface area contributed by atoms with Crippen molar-refractivity contribution in [2.75, 3.05) is 13.7 Å². The van der Waals surface area contributed by atoms with Gasteiger partial charge >= 0.3 is 5.97 Å². The lowest BCUT2D eigenvalue weighted by Crippen LogP contribution is -2.57. The molecular formula is C33H46BrN3O9S. The summed E-state index contributed by atoms with van der Waals surface area (Å²) in [7, 11) is -3.03. The Bertz CT molecular complexity index is 1390. The number of aliphatic hydroxyl groups excluding tert-OH is 1. The largest absolute Gasteiger partial charge is 0.467 e. The van der Waals surface area contributed by atoms with Crippen LogP contribution in [0.5, 0.6) is 0 Å². The van der Waals surface area contributed by atoms with Crippen molar-refractivity contribution in [3.8, 4) is 0 Å². The third-order valence-corrected chi connectivity index (χ3v) is 11.0. The first-order valence-corrected chi connectivity index (χ1v) is 18.4. The van der Waals surface area contributed by atoms with Gasteiger partial charge in [-0.2, -0.15) is 8.42 Å². The molecule has 0 aromatic heterocycles. The van der Waals surface area contributed by atoms with Crippen LogP contribution in [0.25, 0.3) is 0 Å². The Hall–Kier alpha value is -2.62. The standard InChI is InChI=1S/C33H46BrN3O9S/c1-4-6-7-8-9-14-27(35-32(41)45-24-12-10-11-13-24)30(39)37-21-25(46-47(42,43)26-17-15-23(34)16-18-26)19-28(37)29(38)36-33(31(40)44-3)20-22(33)5-2/h4-5,15-18,22,24-25,27-28,32,35,41H,1-2,6-14,19-21H2,3H3,(H,36,38)/t22-,25+,27+,28+,32?,33-/m1/s1. The second-order valence-electron chi connectivity index (χ2n) is 12.4. The third kappa shape index (κ3) is 9.51. The van der Waals surface area contributed by atoms with Crippen molar-refractivity contribution in [3.63, 3.8) is 0 Å². The predicted octanol–water partition coefficient (Wildman–Crippen LogP) is 3.69. The molecule has 1 heterocycles. The number of methoxy groups -OCH3 is 1. The fourth-order valence-electron chi connectivity index (χ4n) is 6.39. The molecule has 4 rings (SSSR count). The van der Waals surface area contributed by atoms with Gasteiger partial charge in [0.15, 0.2) is 0 Å². The normalized spacial score (nSPS) is 25.6. The highest BCUT2D eigenvalue weighted by atomic mass is 79.9. The molecule has 0 spiro atoms. The Morgan fingerprint density at radius 1 is 1.13 bits per heavy atom. The lowest BCUT2D eigenvalue weighted by molar-refractivity contribution is -0.165. The highest BCUT2D eigenvalue weighted by Crippen LogP contribution is 2.45. The summed E-state index contributed by atoms with van der Waals surface area (Å²) in [5.41, 5.74) is -1.32. The summed E-state index contributed by atoms with van der Waals surface area (Å²) >= 11 is 3.29. The van der Waals surface area contributed by atoms with Crippen LogP contribution in [0, 0.1) is 5.92 Å². The number of carbonyl (C=O) groups excluding carboxylic acids is 3. The molecule has 3 aliphatic rings. The minimum Gasteiger partial charge on any atom is -0.467 e. The molecule has 2 amide bonds. The second kappa shape index (κ2) is 16.7. The first-order valence-electron chi connectivity index (χ1n) is 16.2. The van der Waals surface area contributed by atoms with Crippen LogP contribution in [0.2, 0.25) is 0 Å². The molecule has 3 fully saturated rings. The summed E-state index contributed by atoms with van der Waals surface area (Å²) in [6.07, 6.45) is 8.04. The zero-order chi connectivity index (χ0) is 34.2. The molecule has 2 saturated carbocycles. The molecule has 47 heavy (non-hydrogen) atoms. The van der Waals surface area contributed by atoms with Gasteiger partial charge in [-0.05, 0) is 62.8 Å². The number of hydrogen-bond donors (Lipinski definition) is 3. The predicted molar refractivity (Wildman–Crippen MR) is 177 cm³/mol. The number of esters is 1. The zero-order valence-electron chi connectivity index (χ0n) is 26.8. The molecule has 1 aromatic carbocycles. The average molecular weight is 741 g/mol. The number of halogens is 1. The minimum atomic E-state index is -4.25. The van der Waals surface area contributed by atoms with Crippen LogP contribution < -0.4 is 10.6 Å². The minimum absolute atomic E-state index is 0.0748. The van der Waals surface area contributed by atoms with E-state index in [4.69, 9.17) is 13.7 Å². The number of nitrogens with one attached hydrogen (secondary N) is 2. The fraction of sp³-hybridized carbons (Fsp3) is 0.606. The van der Waals surface area contributed by atoms with Gasteiger partial charge in [-0.25, -0.2) is 4.79 Å². The van der Waals surface area contributed by atoms with Gasteiger partial charge in [0.1, 0.15) is 11.6 Å². The third-order valence-electron chi connectivity index (χ3n) is 9.08. The van der Waals surface area contributed by atoms with E-state index in [0.717, 1.165) is 44.9 Å². The number of unbranched alkanes of at least 4 members (excludes halogenated alkanes) is 3. The van der Waals surface area contributed by atoms with Crippen molar-refractivity contribution < 1.29 is 41.6 Å². The Morgan fingerprint density at radius 2 is 1.83 bits per heavy atom. The topological polar surface area (TPSA) is 161 Å². The molecule has 0 radical (unpaired) electrons. The number of allylic oxidation sites excluding steroid dienone is 1. The number of nitrogens with zero attached hydrogens (tertiary/aromatic N) is 1. The van der Waals surface area contributed by atoms with E-state index >= 15 is 0 Å². The SMILES string of the molecule is C=CCCCCC[C@H](NC(O)OC1CCCC1)C(=O)N1C[C@@H](OS(=O)(=O)c2ccc(Br)cc2)C[C@H]1C(=O)N[C@]1(C(=O)OC)C[C@H]1C=C. The lowest BCUT2D eigenvalue weighted by atomic mass is 10.0. The molecule has 1 aromatic rings. The maximum absolute atomic E-state index is 14.2. The molecule has 12 nitrogen and oxygen atoms in total. The first kappa shape index (κ1) is 37.2. The number of aliphatic hydroxyl groups is 1. The van der Waals surface area contributed by atoms with Crippen LogP contribution in [0.1, 0.15) is 70.6 Å². The molecule has 1 unspecified atom stereocenters. The highest BCUT2D eigenvalue weighted by Gasteiger charge is 2.62. The van der Waals surface area contributed by atoms with E-state index in [-0.39, 0.29) is 36.3 Å². The second-order valence-corrected chi connectivity index (χ2v) is 14.9. The van der Waals surface area contributed by atoms with E-state index in [0.29, 0.717) is 17.3 Å². The van der Waals surface area contributed by atoms with Gasteiger partial charge in [0.2, 0.25) is 18.2 Å². The van der Waals surface area contributed by atoms with Crippen molar-refractivity contribution in [1.29, 1.82) is 0 Å². The van der Waals surface area contributed by atoms with E-state index in [9.17, 15) is 27.9 Å². The summed E-state index contributed by atoms with van der Waals surface area (Å²) in [5, 5.41) is 16.5. The van der Waals surface area contributed by atoms with Gasteiger partial charge < -0.3 is 24.8 Å². The molecular weight excluding hydrogens is 694 g/mol. The van der Waals surface area contributed by atoms with Crippen molar-refractivity contribution in [2.45, 2.75) is 112 Å². The van der Waals surface area contributed by atoms with Gasteiger partial charge in [0.25, 0.3) is 10.1 Å². The van der Waals surface area contributed by atoms with Crippen LogP contribution in [0.15, 0.2) is 58.9 Å². The molecule has 2 aliphatic carbocycles. The molecule has 6 atom stereocenters. The summed E-state index contributed by atoms with van der Waals surface area (Å²) < 4.78 is 43.4. The fourth-order valence-corrected chi connectivity index (χ4v) is 7.74. The van der Waals surface area contributed by atoms with Gasteiger partial charge in [-0.15, -0.1) is 13.2 Å². The number of hydrogen-bond acceptors (Lipinski definition) is 10. The quantitative estimate of drug-likeness (QED) is 0.0666. The van der Waals surface area contributed by atoms with Crippen LogP contribution in [-0.2, 0) is 38.2 Å². The Labute approximate surface area is 285 Å². The van der Waals surface area contributed by atoms with Gasteiger partial charge in [-0.3, -0.25) is 19.1 Å². The average Bonchev–Trinajstić information content (AvgIpc) is 3.31. The van der Waals surface area contributed by atoms with E-state index < -0.39 is 58.0 Å². The first-order chi connectivity index (χ1) is 22.4. The maximum atomic E-state index is 14.2. The van der Waals surface area contributed by atoms with Crippen LogP contribution in [0.3, 0.4) is 0 Å².